The Morgan fingerprint density at radius 2 is 0.609 bits per heavy atom. The summed E-state index contributed by atoms with van der Waals surface area (Å²) in [6.45, 7) is 6.37. The molecule has 0 aromatic carbocycles. The number of allylic oxidation sites excluding steroid dienone is 18. The SMILES string of the molecule is CC/C=C\C/C=C\C/C=C\C/C=C\C/C=C\C/C=C\CCCCC(=O)OCC(COC(=O)CCCCCCCC)OC(=O)CCCCCCCC/C=C\C/C=C\C/C=C\CCCCC. The minimum atomic E-state index is -0.801. The lowest BCUT2D eigenvalue weighted by atomic mass is 10.1. The van der Waals surface area contributed by atoms with Gasteiger partial charge in [-0.2, -0.15) is 0 Å². The molecule has 1 atom stereocenters. The Hall–Kier alpha value is -3.93. The van der Waals surface area contributed by atoms with E-state index in [2.05, 4.69) is 130 Å². The van der Waals surface area contributed by atoms with Crippen LogP contribution in [0.1, 0.15) is 220 Å². The largest absolute Gasteiger partial charge is 0.462 e. The standard InChI is InChI=1S/C58H94O6/c1-4-7-10-13-16-18-20-22-24-26-28-29-31-32-34-36-38-40-42-45-48-51-57(60)63-54-55(53-62-56(59)50-47-44-15-12-9-6-3)64-58(61)52-49-46-43-41-39-37-35-33-30-27-25-23-21-19-17-14-11-8-5-2/h7,10,16-19,22-25,28-30,32-34,38,40,55H,4-6,8-9,11-15,20-21,26-27,31,35-37,39,41-54H2,1-3H3/b10-7-,18-16-,19-17-,24-22-,25-23-,29-28-,33-30-,34-32-,40-38-. The topological polar surface area (TPSA) is 78.9 Å². The first-order valence-corrected chi connectivity index (χ1v) is 25.9. The zero-order valence-electron chi connectivity index (χ0n) is 41.3. The van der Waals surface area contributed by atoms with Gasteiger partial charge in [0.05, 0.1) is 0 Å². The zero-order chi connectivity index (χ0) is 46.5. The summed E-state index contributed by atoms with van der Waals surface area (Å²) in [7, 11) is 0. The molecule has 0 aliphatic carbocycles. The average Bonchev–Trinajstić information content (AvgIpc) is 3.29. The quantitative estimate of drug-likeness (QED) is 0.0262. The van der Waals surface area contributed by atoms with Crippen molar-refractivity contribution >= 4 is 17.9 Å². The van der Waals surface area contributed by atoms with Crippen LogP contribution in [0.3, 0.4) is 0 Å². The van der Waals surface area contributed by atoms with Gasteiger partial charge in [0, 0.05) is 19.3 Å². The fourth-order valence-corrected chi connectivity index (χ4v) is 6.63. The highest BCUT2D eigenvalue weighted by molar-refractivity contribution is 5.71. The Kier molecular flexibility index (Phi) is 48.5. The molecule has 0 aliphatic rings. The number of carbonyl (C=O) groups is 3. The van der Waals surface area contributed by atoms with Crippen LogP contribution in [0.5, 0.6) is 0 Å². The van der Waals surface area contributed by atoms with Crippen molar-refractivity contribution in [2.45, 2.75) is 226 Å². The number of ether oxygens (including phenoxy) is 3. The van der Waals surface area contributed by atoms with Gasteiger partial charge in [-0.15, -0.1) is 0 Å². The number of unbranched alkanes of at least 4 members (excludes halogenated alkanes) is 16. The summed E-state index contributed by atoms with van der Waals surface area (Å²) in [5.41, 5.74) is 0. The van der Waals surface area contributed by atoms with Gasteiger partial charge in [-0.05, 0) is 109 Å². The maximum atomic E-state index is 12.8. The van der Waals surface area contributed by atoms with Crippen LogP contribution in [0, 0.1) is 0 Å². The van der Waals surface area contributed by atoms with Crippen LogP contribution >= 0.6 is 0 Å². The molecule has 0 aromatic heterocycles. The molecule has 0 saturated carbocycles. The minimum Gasteiger partial charge on any atom is -0.462 e. The fourth-order valence-electron chi connectivity index (χ4n) is 6.63. The molecule has 0 spiro atoms. The van der Waals surface area contributed by atoms with Crippen LogP contribution in [0.2, 0.25) is 0 Å². The molecular formula is C58H94O6. The second kappa shape index (κ2) is 51.7. The Morgan fingerprint density at radius 1 is 0.328 bits per heavy atom. The third-order valence-electron chi connectivity index (χ3n) is 10.5. The molecule has 0 aromatic rings. The van der Waals surface area contributed by atoms with E-state index in [1.165, 1.54) is 57.8 Å². The number of carbonyl (C=O) groups excluding carboxylic acids is 3. The third kappa shape index (κ3) is 49.1. The van der Waals surface area contributed by atoms with Crippen LogP contribution in [-0.4, -0.2) is 37.2 Å². The van der Waals surface area contributed by atoms with E-state index in [1.54, 1.807) is 0 Å². The maximum Gasteiger partial charge on any atom is 0.306 e. The molecule has 362 valence electrons. The van der Waals surface area contributed by atoms with E-state index in [0.717, 1.165) is 116 Å². The van der Waals surface area contributed by atoms with Gasteiger partial charge in [0.25, 0.3) is 0 Å². The summed E-state index contributed by atoms with van der Waals surface area (Å²) < 4.78 is 16.7. The first-order chi connectivity index (χ1) is 31.5. The van der Waals surface area contributed by atoms with Crippen molar-refractivity contribution in [3.63, 3.8) is 0 Å². The van der Waals surface area contributed by atoms with Gasteiger partial charge >= 0.3 is 17.9 Å². The molecule has 0 heterocycles. The van der Waals surface area contributed by atoms with E-state index in [0.29, 0.717) is 25.7 Å². The molecule has 6 nitrogen and oxygen atoms in total. The number of hydrogen-bond acceptors (Lipinski definition) is 6. The summed E-state index contributed by atoms with van der Waals surface area (Å²) >= 11 is 0. The van der Waals surface area contributed by atoms with Crippen molar-refractivity contribution in [1.82, 2.24) is 0 Å². The first-order valence-electron chi connectivity index (χ1n) is 25.9. The van der Waals surface area contributed by atoms with Gasteiger partial charge < -0.3 is 14.2 Å². The van der Waals surface area contributed by atoms with Crippen molar-refractivity contribution in [1.29, 1.82) is 0 Å². The molecule has 0 radical (unpaired) electrons. The Morgan fingerprint density at radius 3 is 1.02 bits per heavy atom. The third-order valence-corrected chi connectivity index (χ3v) is 10.5. The molecular weight excluding hydrogens is 793 g/mol. The number of hydrogen-bond donors (Lipinski definition) is 0. The predicted octanol–water partition coefficient (Wildman–Crippen LogP) is 17.1. The Bertz CT molecular complexity index is 1340. The van der Waals surface area contributed by atoms with Crippen LogP contribution in [0.25, 0.3) is 0 Å². The summed E-state index contributed by atoms with van der Waals surface area (Å²) in [4.78, 5) is 37.8. The van der Waals surface area contributed by atoms with E-state index >= 15 is 0 Å². The Labute approximate surface area is 393 Å². The summed E-state index contributed by atoms with van der Waals surface area (Å²) in [6, 6.07) is 0. The molecule has 0 bridgehead atoms. The van der Waals surface area contributed by atoms with Crippen molar-refractivity contribution in [2.75, 3.05) is 13.2 Å². The van der Waals surface area contributed by atoms with Gasteiger partial charge in [-0.25, -0.2) is 0 Å². The highest BCUT2D eigenvalue weighted by atomic mass is 16.6. The van der Waals surface area contributed by atoms with Crippen LogP contribution in [-0.2, 0) is 28.6 Å². The summed E-state index contributed by atoms with van der Waals surface area (Å²) in [5.74, 6) is -0.973. The van der Waals surface area contributed by atoms with E-state index in [1.807, 2.05) is 0 Å². The molecule has 64 heavy (non-hydrogen) atoms. The molecule has 6 heteroatoms. The highest BCUT2D eigenvalue weighted by Crippen LogP contribution is 2.12. The predicted molar refractivity (Wildman–Crippen MR) is 274 cm³/mol. The summed E-state index contributed by atoms with van der Waals surface area (Å²) in [6.07, 6.45) is 69.5. The van der Waals surface area contributed by atoms with Crippen molar-refractivity contribution < 1.29 is 28.6 Å². The van der Waals surface area contributed by atoms with Gasteiger partial charge in [-0.1, -0.05) is 201 Å². The number of esters is 3. The molecule has 0 aliphatic heterocycles. The van der Waals surface area contributed by atoms with Gasteiger partial charge in [0.2, 0.25) is 0 Å². The van der Waals surface area contributed by atoms with Gasteiger partial charge in [0.1, 0.15) is 13.2 Å². The van der Waals surface area contributed by atoms with E-state index < -0.39 is 6.10 Å². The zero-order valence-corrected chi connectivity index (χ0v) is 41.3. The Balaban J connectivity index is 4.35. The lowest BCUT2D eigenvalue weighted by molar-refractivity contribution is -0.167. The first kappa shape index (κ1) is 60.1. The molecule has 0 saturated heterocycles. The van der Waals surface area contributed by atoms with Crippen molar-refractivity contribution in [2.24, 2.45) is 0 Å². The van der Waals surface area contributed by atoms with Crippen molar-refractivity contribution in [3.05, 3.63) is 109 Å². The lowest BCUT2D eigenvalue weighted by Crippen LogP contribution is -2.30. The summed E-state index contributed by atoms with van der Waals surface area (Å²) in [5, 5.41) is 0. The smallest absolute Gasteiger partial charge is 0.306 e. The molecule has 0 fully saturated rings. The van der Waals surface area contributed by atoms with Crippen LogP contribution in [0.4, 0.5) is 0 Å². The monoisotopic (exact) mass is 887 g/mol. The molecule has 0 N–H and O–H groups in total. The maximum absolute atomic E-state index is 12.8. The fraction of sp³-hybridized carbons (Fsp3) is 0.638. The van der Waals surface area contributed by atoms with Gasteiger partial charge in [-0.3, -0.25) is 14.4 Å². The number of rotatable bonds is 45. The minimum absolute atomic E-state index is 0.0996. The van der Waals surface area contributed by atoms with E-state index in [4.69, 9.17) is 14.2 Å². The van der Waals surface area contributed by atoms with E-state index in [9.17, 15) is 14.4 Å². The molecule has 1 unspecified atom stereocenters. The van der Waals surface area contributed by atoms with E-state index in [-0.39, 0.29) is 31.1 Å². The van der Waals surface area contributed by atoms with Gasteiger partial charge in [0.15, 0.2) is 6.10 Å². The second-order valence-corrected chi connectivity index (χ2v) is 16.7. The second-order valence-electron chi connectivity index (χ2n) is 16.7. The lowest BCUT2D eigenvalue weighted by Gasteiger charge is -2.18. The van der Waals surface area contributed by atoms with Crippen LogP contribution in [0.15, 0.2) is 109 Å². The normalized spacial score (nSPS) is 13.0. The van der Waals surface area contributed by atoms with Crippen LogP contribution < -0.4 is 0 Å². The average molecular weight is 887 g/mol. The molecule has 0 amide bonds. The highest BCUT2D eigenvalue weighted by Gasteiger charge is 2.19. The molecule has 0 rings (SSSR count). The van der Waals surface area contributed by atoms with Crippen molar-refractivity contribution in [3.8, 4) is 0 Å².